The van der Waals surface area contributed by atoms with Gasteiger partial charge in [-0.15, -0.1) is 0 Å². The van der Waals surface area contributed by atoms with Gasteiger partial charge < -0.3 is 24.4 Å². The Morgan fingerprint density at radius 1 is 0.943 bits per heavy atom. The average molecular weight is 478 g/mol. The number of aromatic nitrogens is 1. The maximum Gasteiger partial charge on any atom is 0.307 e. The number of carbonyl (C=O) groups is 1. The molecule has 0 radical (unpaired) electrons. The second-order valence-electron chi connectivity index (χ2n) is 8.20. The largest absolute Gasteiger partial charge is 0.497 e. The molecule has 1 aromatic heterocycles. The van der Waals surface area contributed by atoms with Crippen LogP contribution in [-0.4, -0.2) is 38.3 Å². The number of ether oxygens (including phenoxy) is 3. The molecule has 0 bridgehead atoms. The lowest BCUT2D eigenvalue weighted by atomic mass is 10.1. The molecule has 0 amide bonds. The van der Waals surface area contributed by atoms with Crippen LogP contribution in [0.2, 0.25) is 0 Å². The molecule has 186 valence electrons. The van der Waals surface area contributed by atoms with E-state index in [2.05, 4.69) is 47.5 Å². The predicted octanol–water partition coefficient (Wildman–Crippen LogP) is 4.91. The van der Waals surface area contributed by atoms with E-state index in [9.17, 15) is 4.79 Å². The number of rotatable bonds is 13. The normalized spacial score (nSPS) is 11.5. The highest BCUT2D eigenvalue weighted by Gasteiger charge is 2.18. The maximum atomic E-state index is 11.7. The van der Waals surface area contributed by atoms with Crippen molar-refractivity contribution in [2.24, 2.45) is 0 Å². The van der Waals surface area contributed by atoms with Gasteiger partial charge in [-0.25, -0.2) is 4.98 Å². The summed E-state index contributed by atoms with van der Waals surface area (Å²) in [5.74, 6) is 2.36. The van der Waals surface area contributed by atoms with Crippen molar-refractivity contribution in [3.05, 3.63) is 83.6 Å². The van der Waals surface area contributed by atoms with Crippen LogP contribution in [0.3, 0.4) is 0 Å². The van der Waals surface area contributed by atoms with Crippen LogP contribution in [0.4, 0.5) is 5.82 Å². The Bertz CT molecular complexity index is 1010. The molecule has 0 aliphatic rings. The first-order valence-corrected chi connectivity index (χ1v) is 11.9. The molecule has 0 saturated carbocycles. The molecule has 1 atom stereocenters. The third kappa shape index (κ3) is 7.72. The van der Waals surface area contributed by atoms with E-state index in [0.29, 0.717) is 32.7 Å². The van der Waals surface area contributed by atoms with Gasteiger partial charge in [0.1, 0.15) is 17.3 Å². The zero-order chi connectivity index (χ0) is 25.0. The van der Waals surface area contributed by atoms with Gasteiger partial charge >= 0.3 is 5.97 Å². The number of hydrogen-bond donors (Lipinski definition) is 1. The summed E-state index contributed by atoms with van der Waals surface area (Å²) >= 11 is 0. The van der Waals surface area contributed by atoms with Crippen LogP contribution in [0.1, 0.15) is 43.0 Å². The fourth-order valence-electron chi connectivity index (χ4n) is 3.85. The van der Waals surface area contributed by atoms with Crippen molar-refractivity contribution < 1.29 is 19.0 Å². The summed E-state index contributed by atoms with van der Waals surface area (Å²) in [6.45, 7) is 6.18. The number of carbonyl (C=O) groups excluding carboxylic acids is 1. The first-order chi connectivity index (χ1) is 17.0. The summed E-state index contributed by atoms with van der Waals surface area (Å²) in [6.07, 6.45) is 2.15. The first-order valence-electron chi connectivity index (χ1n) is 11.9. The predicted molar refractivity (Wildman–Crippen MR) is 138 cm³/mol. The highest BCUT2D eigenvalue weighted by atomic mass is 16.5. The Hall–Kier alpha value is -3.58. The average Bonchev–Trinajstić information content (AvgIpc) is 2.89. The Kier molecular flexibility index (Phi) is 9.93. The standard InChI is InChI=1S/C28H35N3O4/c1-5-35-27(32)16-18-29-21(2)26-7-6-17-30-28(26)31(19-22-8-12-24(33-3)13-9-22)20-23-10-14-25(34-4)15-11-23/h6-15,17,21,29H,5,16,18-20H2,1-4H3. The van der Waals surface area contributed by atoms with Gasteiger partial charge in [0.25, 0.3) is 0 Å². The van der Waals surface area contributed by atoms with E-state index < -0.39 is 0 Å². The zero-order valence-electron chi connectivity index (χ0n) is 21.0. The van der Waals surface area contributed by atoms with Gasteiger partial charge in [0, 0.05) is 37.4 Å². The van der Waals surface area contributed by atoms with E-state index in [4.69, 9.17) is 19.2 Å². The number of hydrogen-bond acceptors (Lipinski definition) is 7. The maximum absolute atomic E-state index is 11.7. The van der Waals surface area contributed by atoms with Crippen molar-refractivity contribution in [1.29, 1.82) is 0 Å². The highest BCUT2D eigenvalue weighted by Crippen LogP contribution is 2.28. The summed E-state index contributed by atoms with van der Waals surface area (Å²) in [5.41, 5.74) is 3.37. The molecule has 0 saturated heterocycles. The summed E-state index contributed by atoms with van der Waals surface area (Å²) in [6, 6.07) is 20.2. The first kappa shape index (κ1) is 26.0. The van der Waals surface area contributed by atoms with Crippen molar-refractivity contribution >= 4 is 11.8 Å². The van der Waals surface area contributed by atoms with Crippen LogP contribution < -0.4 is 19.7 Å². The number of anilines is 1. The molecule has 0 spiro atoms. The van der Waals surface area contributed by atoms with Crippen LogP contribution in [-0.2, 0) is 22.6 Å². The Morgan fingerprint density at radius 3 is 2.03 bits per heavy atom. The fourth-order valence-corrected chi connectivity index (χ4v) is 3.85. The number of esters is 1. The highest BCUT2D eigenvalue weighted by molar-refractivity contribution is 5.69. The SMILES string of the molecule is CCOC(=O)CCNC(C)c1cccnc1N(Cc1ccc(OC)cc1)Cc1ccc(OC)cc1. The molecular weight excluding hydrogens is 442 g/mol. The van der Waals surface area contributed by atoms with Crippen LogP contribution in [0.5, 0.6) is 11.5 Å². The molecule has 1 N–H and O–H groups in total. The fraction of sp³-hybridized carbons (Fsp3) is 0.357. The molecule has 1 heterocycles. The van der Waals surface area contributed by atoms with E-state index in [1.54, 1.807) is 14.2 Å². The lowest BCUT2D eigenvalue weighted by molar-refractivity contribution is -0.143. The Balaban J connectivity index is 1.84. The molecule has 0 aliphatic carbocycles. The molecule has 0 aliphatic heterocycles. The van der Waals surface area contributed by atoms with Crippen molar-refractivity contribution in [3.8, 4) is 11.5 Å². The van der Waals surface area contributed by atoms with Crippen LogP contribution in [0.15, 0.2) is 66.9 Å². The van der Waals surface area contributed by atoms with Crippen molar-refractivity contribution in [2.45, 2.75) is 39.4 Å². The van der Waals surface area contributed by atoms with Gasteiger partial charge in [-0.3, -0.25) is 4.79 Å². The quantitative estimate of drug-likeness (QED) is 0.351. The number of pyridine rings is 1. The number of nitrogens with one attached hydrogen (secondary N) is 1. The van der Waals surface area contributed by atoms with Crippen LogP contribution in [0, 0.1) is 0 Å². The lowest BCUT2D eigenvalue weighted by Crippen LogP contribution is -2.28. The van der Waals surface area contributed by atoms with E-state index in [-0.39, 0.29) is 12.0 Å². The van der Waals surface area contributed by atoms with Gasteiger partial charge in [0.15, 0.2) is 0 Å². The monoisotopic (exact) mass is 477 g/mol. The molecule has 3 rings (SSSR count). The van der Waals surface area contributed by atoms with Gasteiger partial charge in [-0.05, 0) is 55.3 Å². The Morgan fingerprint density at radius 2 is 1.51 bits per heavy atom. The van der Waals surface area contributed by atoms with Gasteiger partial charge in [-0.2, -0.15) is 0 Å². The molecule has 7 heteroatoms. The van der Waals surface area contributed by atoms with E-state index in [1.807, 2.05) is 43.5 Å². The molecule has 3 aromatic rings. The van der Waals surface area contributed by atoms with Gasteiger partial charge in [0.2, 0.25) is 0 Å². The Labute approximate surface area is 208 Å². The second-order valence-corrected chi connectivity index (χ2v) is 8.20. The molecule has 1 unspecified atom stereocenters. The molecule has 0 fully saturated rings. The minimum absolute atomic E-state index is 0.00219. The topological polar surface area (TPSA) is 72.9 Å². The molecular formula is C28H35N3O4. The number of benzene rings is 2. The van der Waals surface area contributed by atoms with E-state index in [1.165, 1.54) is 0 Å². The van der Waals surface area contributed by atoms with E-state index in [0.717, 1.165) is 34.0 Å². The van der Waals surface area contributed by atoms with E-state index >= 15 is 0 Å². The summed E-state index contributed by atoms with van der Waals surface area (Å²) in [4.78, 5) is 18.8. The zero-order valence-corrected chi connectivity index (χ0v) is 21.0. The second kappa shape index (κ2) is 13.3. The third-order valence-corrected chi connectivity index (χ3v) is 5.73. The van der Waals surface area contributed by atoms with Crippen LogP contribution >= 0.6 is 0 Å². The smallest absolute Gasteiger partial charge is 0.307 e. The minimum Gasteiger partial charge on any atom is -0.497 e. The van der Waals surface area contributed by atoms with Gasteiger partial charge in [0.05, 0.1) is 27.2 Å². The van der Waals surface area contributed by atoms with Gasteiger partial charge in [-0.1, -0.05) is 30.3 Å². The van der Waals surface area contributed by atoms with Crippen molar-refractivity contribution in [3.63, 3.8) is 0 Å². The number of nitrogens with zero attached hydrogens (tertiary/aromatic N) is 2. The summed E-state index contributed by atoms with van der Waals surface area (Å²) < 4.78 is 15.7. The lowest BCUT2D eigenvalue weighted by Gasteiger charge is -2.28. The summed E-state index contributed by atoms with van der Waals surface area (Å²) in [7, 11) is 3.34. The van der Waals surface area contributed by atoms with Crippen LogP contribution in [0.25, 0.3) is 0 Å². The summed E-state index contributed by atoms with van der Waals surface area (Å²) in [5, 5.41) is 3.44. The molecule has 35 heavy (non-hydrogen) atoms. The molecule has 2 aromatic carbocycles. The van der Waals surface area contributed by atoms with Crippen molar-refractivity contribution in [1.82, 2.24) is 10.3 Å². The molecule has 7 nitrogen and oxygen atoms in total. The number of methoxy groups -OCH3 is 2. The third-order valence-electron chi connectivity index (χ3n) is 5.73. The minimum atomic E-state index is -0.195. The van der Waals surface area contributed by atoms with Crippen molar-refractivity contribution in [2.75, 3.05) is 32.3 Å².